The molecular formula is C19H21FN4O2. The molecule has 3 aliphatic heterocycles. The van der Waals surface area contributed by atoms with Crippen LogP contribution in [0.2, 0.25) is 0 Å². The van der Waals surface area contributed by atoms with E-state index in [4.69, 9.17) is 4.74 Å². The molecule has 6 nitrogen and oxygen atoms in total. The highest BCUT2D eigenvalue weighted by Crippen LogP contribution is 2.46. The topological polar surface area (TPSA) is 58.6 Å². The Morgan fingerprint density at radius 3 is 2.73 bits per heavy atom. The molecule has 3 saturated heterocycles. The molecule has 1 aromatic heterocycles. The number of carbonyl (C=O) groups is 1. The number of carbonyl (C=O) groups excluding carboxylic acids is 1. The zero-order valence-corrected chi connectivity index (χ0v) is 14.7. The molecule has 2 bridgehead atoms. The Morgan fingerprint density at radius 1 is 1.23 bits per heavy atom. The molecule has 4 heterocycles. The Bertz CT molecular complexity index is 875. The third kappa shape index (κ3) is 2.37. The van der Waals surface area contributed by atoms with Crippen LogP contribution in [0.1, 0.15) is 25.7 Å². The van der Waals surface area contributed by atoms with Crippen molar-refractivity contribution in [3.05, 3.63) is 30.3 Å². The molecule has 0 N–H and O–H groups in total. The van der Waals surface area contributed by atoms with Crippen LogP contribution in [0.4, 0.5) is 10.2 Å². The lowest BCUT2D eigenvalue weighted by molar-refractivity contribution is -0.166. The lowest BCUT2D eigenvalue weighted by Gasteiger charge is -2.50. The highest BCUT2D eigenvalue weighted by molar-refractivity contribution is 5.89. The third-order valence-corrected chi connectivity index (χ3v) is 6.11. The summed E-state index contributed by atoms with van der Waals surface area (Å²) in [6.07, 6.45) is 5.45. The van der Waals surface area contributed by atoms with Crippen molar-refractivity contribution in [1.29, 1.82) is 0 Å². The van der Waals surface area contributed by atoms with Gasteiger partial charge in [0, 0.05) is 37.1 Å². The van der Waals surface area contributed by atoms with Crippen LogP contribution >= 0.6 is 0 Å². The zero-order valence-electron chi connectivity index (χ0n) is 14.7. The number of aromatic nitrogens is 2. The number of halogens is 1. The Labute approximate surface area is 151 Å². The first-order valence-corrected chi connectivity index (χ1v) is 9.11. The van der Waals surface area contributed by atoms with Crippen molar-refractivity contribution in [1.82, 2.24) is 14.9 Å². The predicted molar refractivity (Wildman–Crippen MR) is 94.3 cm³/mol. The van der Waals surface area contributed by atoms with Crippen molar-refractivity contribution >= 4 is 22.6 Å². The second kappa shape index (κ2) is 5.61. The number of morpholine rings is 1. The minimum atomic E-state index is -0.286. The van der Waals surface area contributed by atoms with E-state index in [1.54, 1.807) is 11.0 Å². The first-order valence-electron chi connectivity index (χ1n) is 9.11. The number of anilines is 1. The van der Waals surface area contributed by atoms with Crippen LogP contribution in [0.25, 0.3) is 10.9 Å². The van der Waals surface area contributed by atoms with Gasteiger partial charge in [0.05, 0.1) is 11.1 Å². The minimum absolute atomic E-state index is 0.0502. The summed E-state index contributed by atoms with van der Waals surface area (Å²) in [6.45, 7) is 0.827. The van der Waals surface area contributed by atoms with E-state index < -0.39 is 0 Å². The van der Waals surface area contributed by atoms with E-state index in [-0.39, 0.29) is 23.9 Å². The van der Waals surface area contributed by atoms with Gasteiger partial charge < -0.3 is 14.5 Å². The van der Waals surface area contributed by atoms with E-state index in [0.717, 1.165) is 36.9 Å². The number of rotatable bonds is 1. The molecule has 2 unspecified atom stereocenters. The molecule has 1 spiro atoms. The lowest BCUT2D eigenvalue weighted by atomic mass is 9.84. The van der Waals surface area contributed by atoms with Crippen LogP contribution in [0.3, 0.4) is 0 Å². The average Bonchev–Trinajstić information content (AvgIpc) is 2.89. The van der Waals surface area contributed by atoms with Crippen LogP contribution in [-0.4, -0.2) is 58.7 Å². The summed E-state index contributed by atoms with van der Waals surface area (Å²) >= 11 is 0. The first kappa shape index (κ1) is 15.9. The lowest BCUT2D eigenvalue weighted by Crippen LogP contribution is -2.60. The first-order chi connectivity index (χ1) is 12.5. The number of benzene rings is 1. The average molecular weight is 356 g/mol. The van der Waals surface area contributed by atoms with Crippen LogP contribution in [0, 0.1) is 5.82 Å². The maximum Gasteiger partial charge on any atom is 0.248 e. The Balaban J connectivity index is 1.49. The summed E-state index contributed by atoms with van der Waals surface area (Å²) in [5.74, 6) is 0.651. The zero-order chi connectivity index (χ0) is 17.9. The van der Waals surface area contributed by atoms with Gasteiger partial charge in [0.15, 0.2) is 0 Å². The summed E-state index contributed by atoms with van der Waals surface area (Å²) < 4.78 is 19.6. The summed E-state index contributed by atoms with van der Waals surface area (Å²) in [7, 11) is 1.85. The van der Waals surface area contributed by atoms with Crippen LogP contribution in [-0.2, 0) is 9.53 Å². The van der Waals surface area contributed by atoms with Gasteiger partial charge in [0.2, 0.25) is 5.91 Å². The third-order valence-electron chi connectivity index (χ3n) is 6.11. The Hall–Kier alpha value is -2.28. The summed E-state index contributed by atoms with van der Waals surface area (Å²) in [6, 6.07) is 5.33. The van der Waals surface area contributed by atoms with Gasteiger partial charge in [-0.2, -0.15) is 0 Å². The van der Waals surface area contributed by atoms with Gasteiger partial charge in [0.25, 0.3) is 0 Å². The van der Waals surface area contributed by atoms with Crippen LogP contribution in [0.5, 0.6) is 0 Å². The van der Waals surface area contributed by atoms with Gasteiger partial charge in [-0.1, -0.05) is 0 Å². The van der Waals surface area contributed by atoms with Gasteiger partial charge >= 0.3 is 0 Å². The second-order valence-corrected chi connectivity index (χ2v) is 7.78. The fourth-order valence-corrected chi connectivity index (χ4v) is 5.01. The van der Waals surface area contributed by atoms with Gasteiger partial charge in [0.1, 0.15) is 24.6 Å². The summed E-state index contributed by atoms with van der Waals surface area (Å²) in [4.78, 5) is 24.7. The normalized spacial score (nSPS) is 31.2. The molecule has 2 atom stereocenters. The number of amides is 1. The number of hydrogen-bond donors (Lipinski definition) is 0. The smallest absolute Gasteiger partial charge is 0.248 e. The van der Waals surface area contributed by atoms with E-state index >= 15 is 0 Å². The number of hydrogen-bond acceptors (Lipinski definition) is 5. The summed E-state index contributed by atoms with van der Waals surface area (Å²) in [5, 5.41) is 0.888. The molecule has 2 aromatic rings. The van der Waals surface area contributed by atoms with Gasteiger partial charge in [-0.15, -0.1) is 0 Å². The molecule has 0 saturated carbocycles. The minimum Gasteiger partial charge on any atom is -0.363 e. The van der Waals surface area contributed by atoms with E-state index in [1.165, 1.54) is 18.5 Å². The summed E-state index contributed by atoms with van der Waals surface area (Å²) in [5.41, 5.74) is 0.383. The molecule has 1 aromatic carbocycles. The Morgan fingerprint density at radius 2 is 2.00 bits per heavy atom. The number of nitrogens with zero attached hydrogens (tertiary/aromatic N) is 4. The van der Waals surface area contributed by atoms with Crippen LogP contribution in [0.15, 0.2) is 24.5 Å². The van der Waals surface area contributed by atoms with Gasteiger partial charge in [-0.05, 0) is 37.8 Å². The Kier molecular flexibility index (Phi) is 3.44. The molecule has 0 aliphatic carbocycles. The fourth-order valence-electron chi connectivity index (χ4n) is 5.01. The number of ether oxygens (including phenoxy) is 1. The highest BCUT2D eigenvalue weighted by Gasteiger charge is 2.52. The maximum atomic E-state index is 13.6. The number of fused-ring (bicyclic) bond motifs is 3. The van der Waals surface area contributed by atoms with E-state index in [9.17, 15) is 9.18 Å². The fraction of sp³-hybridized carbons (Fsp3) is 0.526. The van der Waals surface area contributed by atoms with Crippen molar-refractivity contribution in [2.45, 2.75) is 43.4 Å². The van der Waals surface area contributed by atoms with Crippen molar-refractivity contribution in [2.75, 3.05) is 25.1 Å². The van der Waals surface area contributed by atoms with Crippen molar-refractivity contribution in [3.63, 3.8) is 0 Å². The molecule has 3 aliphatic rings. The van der Waals surface area contributed by atoms with Crippen molar-refractivity contribution in [2.24, 2.45) is 0 Å². The predicted octanol–water partition coefficient (Wildman–Crippen LogP) is 2.13. The number of likely N-dealkylation sites (N-methyl/N-ethyl adjacent to an activating group) is 1. The monoisotopic (exact) mass is 356 g/mol. The SMILES string of the molecule is CN1CC2(CC3CCC(C2)N3c2ncnc3cc(F)ccc23)OCC1=O. The maximum absolute atomic E-state index is 13.6. The molecule has 1 amide bonds. The number of piperidine rings is 1. The van der Waals surface area contributed by atoms with Crippen LogP contribution < -0.4 is 4.90 Å². The van der Waals surface area contributed by atoms with E-state index in [0.29, 0.717) is 24.1 Å². The molecule has 3 fully saturated rings. The highest BCUT2D eigenvalue weighted by atomic mass is 19.1. The molecule has 5 rings (SSSR count). The molecule has 136 valence electrons. The molecular weight excluding hydrogens is 335 g/mol. The molecule has 26 heavy (non-hydrogen) atoms. The molecule has 0 radical (unpaired) electrons. The largest absolute Gasteiger partial charge is 0.363 e. The quantitative estimate of drug-likeness (QED) is 0.783. The van der Waals surface area contributed by atoms with Gasteiger partial charge in [-0.3, -0.25) is 4.79 Å². The standard InChI is InChI=1S/C19H21FN4O2/c1-23-10-19(26-9-17(23)25)7-13-3-4-14(8-19)24(13)18-15-5-2-12(20)6-16(15)21-11-22-18/h2,5-6,11,13-14H,3-4,7-10H2,1H3. The van der Waals surface area contributed by atoms with Crippen molar-refractivity contribution < 1.29 is 13.9 Å². The van der Waals surface area contributed by atoms with Crippen molar-refractivity contribution in [3.8, 4) is 0 Å². The molecule has 7 heteroatoms. The van der Waals surface area contributed by atoms with Gasteiger partial charge in [-0.25, -0.2) is 14.4 Å². The van der Waals surface area contributed by atoms with E-state index in [1.807, 2.05) is 7.05 Å². The van der Waals surface area contributed by atoms with E-state index in [2.05, 4.69) is 14.9 Å². The second-order valence-electron chi connectivity index (χ2n) is 7.78.